The van der Waals surface area contributed by atoms with Crippen LogP contribution in [0.5, 0.6) is 23.0 Å². The lowest BCUT2D eigenvalue weighted by molar-refractivity contribution is 0.173. The Morgan fingerprint density at radius 2 is 1.00 bits per heavy atom. The Kier molecular flexibility index (Phi) is 4.64. The van der Waals surface area contributed by atoms with Gasteiger partial charge in [0.25, 0.3) is 7.37 Å². The number of benzene rings is 4. The van der Waals surface area contributed by atoms with E-state index in [1.54, 1.807) is 24.3 Å². The maximum absolute atomic E-state index is 14.1. The molecule has 33 heavy (non-hydrogen) atoms. The van der Waals surface area contributed by atoms with Gasteiger partial charge in [0.2, 0.25) is 13.6 Å². The first-order chi connectivity index (χ1) is 16.1. The van der Waals surface area contributed by atoms with E-state index in [0.29, 0.717) is 44.7 Å². The molecule has 0 amide bonds. The van der Waals surface area contributed by atoms with Gasteiger partial charge in [-0.05, 0) is 58.7 Å². The first-order valence-electron chi connectivity index (χ1n) is 10.4. The Bertz CT molecular complexity index is 1330. The van der Waals surface area contributed by atoms with Crippen molar-refractivity contribution < 1.29 is 28.4 Å². The van der Waals surface area contributed by atoms with Gasteiger partial charge in [-0.1, -0.05) is 48.5 Å². The standard InChI is InChI=1S/C26H19O6P/c27-33(28,25-7-3-1-5-19(25)17-9-11-21-23(13-17)31-15-29-21)26-8-4-2-6-20(26)18-10-12-22-24(14-18)32-16-30-22/h1-14H,15-16H2,(H,27,28). The molecular weight excluding hydrogens is 439 g/mol. The van der Waals surface area contributed by atoms with Gasteiger partial charge in [-0.25, -0.2) is 0 Å². The fourth-order valence-corrected chi connectivity index (χ4v) is 6.12. The smallest absolute Gasteiger partial charge is 0.259 e. The van der Waals surface area contributed by atoms with Gasteiger partial charge in [0.15, 0.2) is 23.0 Å². The van der Waals surface area contributed by atoms with Crippen molar-refractivity contribution >= 4 is 18.0 Å². The second-order valence-corrected chi connectivity index (χ2v) is 9.86. The molecule has 0 spiro atoms. The van der Waals surface area contributed by atoms with Crippen molar-refractivity contribution in [3.8, 4) is 45.3 Å². The van der Waals surface area contributed by atoms with Crippen LogP contribution in [0.4, 0.5) is 0 Å². The predicted molar refractivity (Wildman–Crippen MR) is 125 cm³/mol. The molecule has 2 aliphatic heterocycles. The largest absolute Gasteiger partial charge is 0.454 e. The van der Waals surface area contributed by atoms with Crippen molar-refractivity contribution in [2.75, 3.05) is 13.6 Å². The quantitative estimate of drug-likeness (QED) is 0.447. The van der Waals surface area contributed by atoms with Crippen LogP contribution in [0.25, 0.3) is 22.3 Å². The van der Waals surface area contributed by atoms with Gasteiger partial charge in [-0.15, -0.1) is 0 Å². The van der Waals surface area contributed by atoms with Gasteiger partial charge in [0.05, 0.1) is 0 Å². The molecule has 0 unspecified atom stereocenters. The molecule has 4 aromatic carbocycles. The summed E-state index contributed by atoms with van der Waals surface area (Å²) in [5.74, 6) is 2.57. The molecule has 7 heteroatoms. The number of ether oxygens (including phenoxy) is 4. The Hall–Kier alpha value is -3.73. The van der Waals surface area contributed by atoms with E-state index in [0.717, 1.165) is 11.1 Å². The van der Waals surface area contributed by atoms with Crippen LogP contribution in [0.15, 0.2) is 84.9 Å². The van der Waals surface area contributed by atoms with Crippen molar-refractivity contribution in [2.24, 2.45) is 0 Å². The molecule has 0 saturated heterocycles. The molecular formula is C26H19O6P. The molecule has 6 nitrogen and oxygen atoms in total. The van der Waals surface area contributed by atoms with E-state index >= 15 is 0 Å². The molecule has 6 rings (SSSR count). The van der Waals surface area contributed by atoms with Gasteiger partial charge in [0, 0.05) is 10.6 Å². The molecule has 0 fully saturated rings. The highest BCUT2D eigenvalue weighted by Crippen LogP contribution is 2.46. The third kappa shape index (κ3) is 3.35. The van der Waals surface area contributed by atoms with Crippen molar-refractivity contribution in [3.05, 3.63) is 84.9 Å². The van der Waals surface area contributed by atoms with Gasteiger partial charge < -0.3 is 23.8 Å². The molecule has 0 aliphatic carbocycles. The van der Waals surface area contributed by atoms with Crippen molar-refractivity contribution in [3.63, 3.8) is 0 Å². The molecule has 1 N–H and O–H groups in total. The van der Waals surface area contributed by atoms with E-state index in [-0.39, 0.29) is 13.6 Å². The maximum Gasteiger partial charge on any atom is 0.259 e. The molecule has 0 bridgehead atoms. The van der Waals surface area contributed by atoms with E-state index in [4.69, 9.17) is 18.9 Å². The molecule has 0 saturated carbocycles. The van der Waals surface area contributed by atoms with Gasteiger partial charge in [-0.2, -0.15) is 0 Å². The summed E-state index contributed by atoms with van der Waals surface area (Å²) in [6.07, 6.45) is 0. The SMILES string of the molecule is O=P(O)(c1ccccc1-c1ccc2c(c1)OCO2)c1ccccc1-c1ccc2c(c1)OCO2. The lowest BCUT2D eigenvalue weighted by Gasteiger charge is -2.20. The van der Waals surface area contributed by atoms with Crippen molar-refractivity contribution in [2.45, 2.75) is 0 Å². The van der Waals surface area contributed by atoms with Crippen LogP contribution >= 0.6 is 7.37 Å². The van der Waals surface area contributed by atoms with Crippen LogP contribution in [0.1, 0.15) is 0 Å². The summed E-state index contributed by atoms with van der Waals surface area (Å²) >= 11 is 0. The van der Waals surface area contributed by atoms with E-state index in [1.807, 2.05) is 60.7 Å². The fourth-order valence-electron chi connectivity index (χ4n) is 4.22. The minimum Gasteiger partial charge on any atom is -0.454 e. The number of rotatable bonds is 4. The van der Waals surface area contributed by atoms with Crippen LogP contribution in [0.2, 0.25) is 0 Å². The first kappa shape index (κ1) is 19.9. The lowest BCUT2D eigenvalue weighted by atomic mass is 10.0. The minimum atomic E-state index is -3.99. The van der Waals surface area contributed by atoms with Crippen LogP contribution in [-0.4, -0.2) is 18.5 Å². The Morgan fingerprint density at radius 1 is 0.576 bits per heavy atom. The average molecular weight is 458 g/mol. The Balaban J connectivity index is 1.48. The second kappa shape index (κ2) is 7.69. The summed E-state index contributed by atoms with van der Waals surface area (Å²) in [6, 6.07) is 25.4. The lowest BCUT2D eigenvalue weighted by Crippen LogP contribution is -2.19. The molecule has 0 radical (unpaired) electrons. The van der Waals surface area contributed by atoms with Gasteiger partial charge in [-0.3, -0.25) is 4.57 Å². The minimum absolute atomic E-state index is 0.168. The highest BCUT2D eigenvalue weighted by molar-refractivity contribution is 7.74. The van der Waals surface area contributed by atoms with Gasteiger partial charge >= 0.3 is 0 Å². The molecule has 2 aliphatic rings. The maximum atomic E-state index is 14.1. The molecule has 4 aromatic rings. The van der Waals surface area contributed by atoms with Gasteiger partial charge in [0.1, 0.15) is 0 Å². The molecule has 164 valence electrons. The third-order valence-electron chi connectivity index (χ3n) is 5.83. The van der Waals surface area contributed by atoms with Crippen LogP contribution in [0.3, 0.4) is 0 Å². The summed E-state index contributed by atoms with van der Waals surface area (Å²) < 4.78 is 35.9. The monoisotopic (exact) mass is 458 g/mol. The number of hydrogen-bond donors (Lipinski definition) is 1. The third-order valence-corrected chi connectivity index (χ3v) is 7.91. The summed E-state index contributed by atoms with van der Waals surface area (Å²) in [4.78, 5) is 11.6. The first-order valence-corrected chi connectivity index (χ1v) is 12.1. The topological polar surface area (TPSA) is 74.2 Å². The Morgan fingerprint density at radius 3 is 1.48 bits per heavy atom. The predicted octanol–water partition coefficient (Wildman–Crippen LogP) is 4.70. The highest BCUT2D eigenvalue weighted by atomic mass is 31.2. The number of fused-ring (bicyclic) bond motifs is 2. The van der Waals surface area contributed by atoms with Crippen LogP contribution in [0, 0.1) is 0 Å². The summed E-state index contributed by atoms with van der Waals surface area (Å²) in [5, 5.41) is 0.717. The molecule has 2 heterocycles. The zero-order chi connectivity index (χ0) is 22.4. The van der Waals surface area contributed by atoms with E-state index in [2.05, 4.69) is 0 Å². The molecule has 0 atom stereocenters. The Labute approximate surface area is 190 Å². The second-order valence-electron chi connectivity index (χ2n) is 7.75. The van der Waals surface area contributed by atoms with E-state index in [9.17, 15) is 9.46 Å². The van der Waals surface area contributed by atoms with Crippen molar-refractivity contribution in [1.82, 2.24) is 0 Å². The highest BCUT2D eigenvalue weighted by Gasteiger charge is 2.31. The number of hydrogen-bond acceptors (Lipinski definition) is 5. The fraction of sp³-hybridized carbons (Fsp3) is 0.0769. The summed E-state index contributed by atoms with van der Waals surface area (Å²) in [6.45, 7) is 0.337. The normalized spacial score (nSPS) is 13.8. The zero-order valence-electron chi connectivity index (χ0n) is 17.4. The van der Waals surface area contributed by atoms with Crippen LogP contribution in [-0.2, 0) is 4.57 Å². The average Bonchev–Trinajstić information content (AvgIpc) is 3.52. The van der Waals surface area contributed by atoms with Crippen molar-refractivity contribution in [1.29, 1.82) is 0 Å². The van der Waals surface area contributed by atoms with E-state index in [1.165, 1.54) is 0 Å². The van der Waals surface area contributed by atoms with Crippen LogP contribution < -0.4 is 29.6 Å². The summed E-state index contributed by atoms with van der Waals surface area (Å²) in [5.41, 5.74) is 2.90. The summed E-state index contributed by atoms with van der Waals surface area (Å²) in [7, 11) is -3.99. The molecule has 0 aromatic heterocycles. The zero-order valence-corrected chi connectivity index (χ0v) is 18.3. The van der Waals surface area contributed by atoms with E-state index < -0.39 is 7.37 Å².